The second kappa shape index (κ2) is 6.31. The average Bonchev–Trinajstić information content (AvgIpc) is 3.26. The molecule has 0 aliphatic heterocycles. The normalized spacial score (nSPS) is 11.1. The quantitative estimate of drug-likeness (QED) is 0.462. The van der Waals surface area contributed by atoms with Gasteiger partial charge in [0.05, 0.1) is 6.26 Å². The van der Waals surface area contributed by atoms with Crippen molar-refractivity contribution in [3.05, 3.63) is 48.0 Å². The van der Waals surface area contributed by atoms with Gasteiger partial charge in [-0.05, 0) is 36.2 Å². The molecule has 10 heteroatoms. The second-order valence-electron chi connectivity index (χ2n) is 5.56. The monoisotopic (exact) mass is 354 g/mol. The topological polar surface area (TPSA) is 133 Å². The fraction of sp³-hybridized carbons (Fsp3) is 0.125. The number of anilines is 3. The van der Waals surface area contributed by atoms with Crippen molar-refractivity contribution in [3.63, 3.8) is 0 Å². The van der Waals surface area contributed by atoms with Gasteiger partial charge in [0.15, 0.2) is 5.76 Å². The molecule has 0 bridgehead atoms. The first-order valence-corrected chi connectivity index (χ1v) is 7.82. The third kappa shape index (κ3) is 2.99. The van der Waals surface area contributed by atoms with Crippen molar-refractivity contribution in [3.8, 4) is 11.6 Å². The van der Waals surface area contributed by atoms with E-state index in [2.05, 4.69) is 25.4 Å². The maximum absolute atomic E-state index is 13.8. The van der Waals surface area contributed by atoms with Crippen LogP contribution >= 0.6 is 0 Å². The van der Waals surface area contributed by atoms with Gasteiger partial charge in [-0.15, -0.1) is 5.10 Å². The highest BCUT2D eigenvalue weighted by atomic mass is 19.1. The molecule has 132 valence electrons. The minimum absolute atomic E-state index is 0.126. The molecule has 5 N–H and O–H groups in total. The maximum atomic E-state index is 13.8. The van der Waals surface area contributed by atoms with E-state index in [0.717, 1.165) is 0 Å². The molecule has 0 atom stereocenters. The van der Waals surface area contributed by atoms with Gasteiger partial charge in [0.1, 0.15) is 5.82 Å². The number of aromatic nitrogens is 5. The molecule has 0 spiro atoms. The number of hydrogen-bond acceptors (Lipinski definition) is 8. The van der Waals surface area contributed by atoms with Crippen molar-refractivity contribution < 1.29 is 8.81 Å². The molecule has 1 aromatic carbocycles. The van der Waals surface area contributed by atoms with Gasteiger partial charge < -0.3 is 21.2 Å². The van der Waals surface area contributed by atoms with Crippen LogP contribution in [-0.2, 0) is 6.42 Å². The van der Waals surface area contributed by atoms with Crippen LogP contribution in [0, 0.1) is 5.82 Å². The molecular formula is C16H15FN8O. The van der Waals surface area contributed by atoms with Crippen molar-refractivity contribution in [1.29, 1.82) is 0 Å². The summed E-state index contributed by atoms with van der Waals surface area (Å²) in [6.45, 7) is 0.412. The molecule has 0 saturated heterocycles. The van der Waals surface area contributed by atoms with E-state index in [1.54, 1.807) is 24.3 Å². The number of nitrogens with one attached hydrogen (secondary N) is 1. The zero-order valence-electron chi connectivity index (χ0n) is 13.6. The minimum Gasteiger partial charge on any atom is -0.461 e. The van der Waals surface area contributed by atoms with Crippen molar-refractivity contribution >= 4 is 23.4 Å². The summed E-state index contributed by atoms with van der Waals surface area (Å²) in [6, 6.07) is 8.07. The Hall–Kier alpha value is -3.69. The number of benzene rings is 1. The van der Waals surface area contributed by atoms with E-state index in [-0.39, 0.29) is 23.5 Å². The van der Waals surface area contributed by atoms with Gasteiger partial charge in [0.25, 0.3) is 5.78 Å². The number of hydrogen-bond donors (Lipinski definition) is 3. The third-order valence-electron chi connectivity index (χ3n) is 3.73. The summed E-state index contributed by atoms with van der Waals surface area (Å²) in [4.78, 5) is 12.7. The molecule has 4 aromatic rings. The van der Waals surface area contributed by atoms with Crippen molar-refractivity contribution in [2.45, 2.75) is 6.42 Å². The molecular weight excluding hydrogens is 339 g/mol. The van der Waals surface area contributed by atoms with Crippen molar-refractivity contribution in [2.24, 2.45) is 0 Å². The van der Waals surface area contributed by atoms with Crippen LogP contribution in [0.2, 0.25) is 0 Å². The highest BCUT2D eigenvalue weighted by molar-refractivity contribution is 5.52. The number of fused-ring (bicyclic) bond motifs is 1. The Balaban J connectivity index is 1.51. The first-order valence-electron chi connectivity index (χ1n) is 7.82. The van der Waals surface area contributed by atoms with E-state index in [1.807, 2.05) is 0 Å². The summed E-state index contributed by atoms with van der Waals surface area (Å²) in [5.41, 5.74) is 12.4. The fourth-order valence-corrected chi connectivity index (χ4v) is 2.47. The number of nitrogens with two attached hydrogens (primary N) is 2. The predicted octanol–water partition coefficient (Wildman–Crippen LogP) is 1.74. The summed E-state index contributed by atoms with van der Waals surface area (Å²) < 4.78 is 20.4. The van der Waals surface area contributed by atoms with Gasteiger partial charge in [-0.2, -0.15) is 19.5 Å². The summed E-state index contributed by atoms with van der Waals surface area (Å²) in [5, 5.41) is 7.22. The SMILES string of the molecule is Nc1ccc(CCNc2nc(N)n3nc(-c4ccco4)nc3n2)c(F)c1. The molecule has 0 fully saturated rings. The molecule has 26 heavy (non-hydrogen) atoms. The standard InChI is InChI=1S/C16H15FN8O/c17-11-8-10(18)4-3-9(11)5-6-20-15-22-14(19)25-16(23-15)21-13(24-25)12-2-1-7-26-12/h1-4,7-8H,5-6,18H2,(H3,19,20,21,22,23,24). The largest absolute Gasteiger partial charge is 0.461 e. The zero-order chi connectivity index (χ0) is 18.1. The van der Waals surface area contributed by atoms with Crippen LogP contribution in [0.3, 0.4) is 0 Å². The lowest BCUT2D eigenvalue weighted by molar-refractivity contribution is 0.577. The van der Waals surface area contributed by atoms with Gasteiger partial charge in [-0.25, -0.2) is 4.39 Å². The predicted molar refractivity (Wildman–Crippen MR) is 93.7 cm³/mol. The van der Waals surface area contributed by atoms with E-state index in [9.17, 15) is 4.39 Å². The van der Waals surface area contributed by atoms with Gasteiger partial charge in [-0.3, -0.25) is 0 Å². The Morgan fingerprint density at radius 3 is 2.81 bits per heavy atom. The van der Waals surface area contributed by atoms with Crippen LogP contribution in [0.25, 0.3) is 17.4 Å². The molecule has 0 aliphatic rings. The Morgan fingerprint density at radius 1 is 1.15 bits per heavy atom. The molecule has 3 heterocycles. The van der Waals surface area contributed by atoms with Crippen LogP contribution in [0.15, 0.2) is 41.0 Å². The lowest BCUT2D eigenvalue weighted by Crippen LogP contribution is -2.12. The van der Waals surface area contributed by atoms with Crippen LogP contribution in [0.5, 0.6) is 0 Å². The molecule has 0 unspecified atom stereocenters. The number of halogens is 1. The van der Waals surface area contributed by atoms with E-state index < -0.39 is 0 Å². The van der Waals surface area contributed by atoms with Gasteiger partial charge in [-0.1, -0.05) is 6.07 Å². The van der Waals surface area contributed by atoms with Gasteiger partial charge in [0, 0.05) is 12.2 Å². The molecule has 3 aromatic heterocycles. The first-order chi connectivity index (χ1) is 12.6. The smallest absolute Gasteiger partial charge is 0.259 e. The number of nitrogens with zero attached hydrogens (tertiary/aromatic N) is 5. The fourth-order valence-electron chi connectivity index (χ4n) is 2.47. The number of nitrogen functional groups attached to an aromatic ring is 2. The summed E-state index contributed by atoms with van der Waals surface area (Å²) in [5.74, 6) is 1.21. The van der Waals surface area contributed by atoms with Crippen molar-refractivity contribution in [2.75, 3.05) is 23.3 Å². The molecule has 9 nitrogen and oxygen atoms in total. The van der Waals surface area contributed by atoms with Gasteiger partial charge in [0.2, 0.25) is 17.7 Å². The lowest BCUT2D eigenvalue weighted by Gasteiger charge is -2.07. The van der Waals surface area contributed by atoms with Crippen LogP contribution in [0.4, 0.5) is 22.0 Å². The summed E-state index contributed by atoms with van der Waals surface area (Å²) >= 11 is 0. The lowest BCUT2D eigenvalue weighted by atomic mass is 10.1. The van der Waals surface area contributed by atoms with Crippen molar-refractivity contribution in [1.82, 2.24) is 24.6 Å². The Bertz CT molecular complexity index is 1060. The van der Waals surface area contributed by atoms with E-state index >= 15 is 0 Å². The highest BCUT2D eigenvalue weighted by Gasteiger charge is 2.13. The summed E-state index contributed by atoms with van der Waals surface area (Å²) in [6.07, 6.45) is 1.96. The average molecular weight is 354 g/mol. The van der Waals surface area contributed by atoms with E-state index in [0.29, 0.717) is 35.8 Å². The Kier molecular flexibility index (Phi) is 3.84. The number of furan rings is 1. The minimum atomic E-state index is -0.344. The van der Waals surface area contributed by atoms with E-state index in [1.165, 1.54) is 16.8 Å². The second-order valence-corrected chi connectivity index (χ2v) is 5.56. The van der Waals surface area contributed by atoms with Crippen LogP contribution < -0.4 is 16.8 Å². The zero-order valence-corrected chi connectivity index (χ0v) is 13.6. The highest BCUT2D eigenvalue weighted by Crippen LogP contribution is 2.18. The first kappa shape index (κ1) is 15.8. The Labute approximate surface area is 146 Å². The molecule has 4 rings (SSSR count). The van der Waals surface area contributed by atoms with Crippen LogP contribution in [-0.4, -0.2) is 31.1 Å². The van der Waals surface area contributed by atoms with Crippen LogP contribution in [0.1, 0.15) is 5.56 Å². The number of rotatable bonds is 5. The maximum Gasteiger partial charge on any atom is 0.259 e. The third-order valence-corrected chi connectivity index (χ3v) is 3.73. The van der Waals surface area contributed by atoms with E-state index in [4.69, 9.17) is 15.9 Å². The summed E-state index contributed by atoms with van der Waals surface area (Å²) in [7, 11) is 0. The molecule has 0 saturated carbocycles. The van der Waals surface area contributed by atoms with Gasteiger partial charge >= 0.3 is 0 Å². The molecule has 0 amide bonds. The molecule has 0 radical (unpaired) electrons. The Morgan fingerprint density at radius 2 is 2.04 bits per heavy atom. The molecule has 0 aliphatic carbocycles.